The first kappa shape index (κ1) is 23.9. The van der Waals surface area contributed by atoms with Gasteiger partial charge in [0, 0.05) is 29.2 Å². The second-order valence-corrected chi connectivity index (χ2v) is 12.2. The van der Waals surface area contributed by atoms with E-state index in [9.17, 15) is 18.0 Å². The van der Waals surface area contributed by atoms with E-state index in [1.54, 1.807) is 11.0 Å². The summed E-state index contributed by atoms with van der Waals surface area (Å²) in [5.74, 6) is 1.01. The third-order valence-electron chi connectivity index (χ3n) is 7.26. The maximum Gasteiger partial charge on any atom is 0.240 e. The van der Waals surface area contributed by atoms with E-state index < -0.39 is 39.8 Å². The number of anilines is 1. The molecule has 0 aromatic heterocycles. The molecule has 1 spiro atoms. The lowest BCUT2D eigenvalue weighted by atomic mass is 9.74. The molecule has 1 saturated heterocycles. The predicted octanol–water partition coefficient (Wildman–Crippen LogP) is 1.95. The van der Waals surface area contributed by atoms with E-state index in [2.05, 4.69) is 5.32 Å². The fourth-order valence-corrected chi connectivity index (χ4v) is 6.20. The van der Waals surface area contributed by atoms with Crippen LogP contribution in [0.1, 0.15) is 41.9 Å². The van der Waals surface area contributed by atoms with E-state index in [0.29, 0.717) is 38.2 Å². The van der Waals surface area contributed by atoms with E-state index in [-0.39, 0.29) is 18.9 Å². The number of likely N-dealkylation sites (tertiary alicyclic amines) is 1. The number of benzene rings is 2. The van der Waals surface area contributed by atoms with Crippen molar-refractivity contribution >= 4 is 27.6 Å². The van der Waals surface area contributed by atoms with Crippen LogP contribution in [0.2, 0.25) is 0 Å². The maximum absolute atomic E-state index is 13.1. The van der Waals surface area contributed by atoms with E-state index in [4.69, 9.17) is 14.6 Å². The number of piperidine rings is 1. The Balaban J connectivity index is 1.54. The van der Waals surface area contributed by atoms with Gasteiger partial charge in [-0.05, 0) is 43.8 Å². The number of carbonyl (C=O) groups excluding carboxylic acids is 2. The number of nitrogens with zero attached hydrogens (tertiary/aromatic N) is 2. The Morgan fingerprint density at radius 3 is 2.50 bits per heavy atom. The van der Waals surface area contributed by atoms with Crippen LogP contribution in [-0.2, 0) is 36.4 Å². The van der Waals surface area contributed by atoms with Gasteiger partial charge in [0.15, 0.2) is 0 Å². The van der Waals surface area contributed by atoms with Crippen LogP contribution in [0.3, 0.4) is 0 Å². The molecule has 4 rings (SSSR count). The van der Waals surface area contributed by atoms with Gasteiger partial charge in [-0.15, -0.1) is 0 Å². The van der Waals surface area contributed by atoms with Crippen LogP contribution < -0.4 is 15.4 Å². The molecule has 9 nitrogen and oxygen atoms in total. The molecule has 2 aromatic rings. The Labute approximate surface area is 228 Å². The highest BCUT2D eigenvalue weighted by molar-refractivity contribution is 7.92. The van der Waals surface area contributed by atoms with Crippen LogP contribution in [0.25, 0.3) is 0 Å². The summed E-state index contributed by atoms with van der Waals surface area (Å²) in [6.07, 6.45) is 2.30. The summed E-state index contributed by atoms with van der Waals surface area (Å²) in [7, 11) is -3.48. The lowest BCUT2D eigenvalue weighted by Crippen LogP contribution is -2.56. The number of ether oxygens (including phenoxy) is 1. The highest BCUT2D eigenvalue weighted by Crippen LogP contribution is 2.48. The van der Waals surface area contributed by atoms with Crippen molar-refractivity contribution in [3.8, 4) is 0 Å². The molecule has 1 unspecified atom stereocenters. The number of nitrogens with one attached hydrogen (secondary N) is 1. The monoisotopic (exact) mass is 543 g/mol. The molecule has 3 N–H and O–H groups in total. The molecule has 0 saturated carbocycles. The highest BCUT2D eigenvalue weighted by Gasteiger charge is 2.47. The Bertz CT molecular complexity index is 1420. The third kappa shape index (κ3) is 5.94. The molecule has 0 bridgehead atoms. The predicted molar refractivity (Wildman–Crippen MR) is 147 cm³/mol. The van der Waals surface area contributed by atoms with Gasteiger partial charge in [-0.3, -0.25) is 9.10 Å². The number of para-hydroxylation sites is 1. The van der Waals surface area contributed by atoms with E-state index in [1.165, 1.54) is 10.6 Å². The van der Waals surface area contributed by atoms with Crippen molar-refractivity contribution in [2.45, 2.75) is 50.2 Å². The minimum Gasteiger partial charge on any atom is -0.374 e. The Kier molecular flexibility index (Phi) is 6.86. The highest BCUT2D eigenvalue weighted by atomic mass is 32.2. The summed E-state index contributed by atoms with van der Waals surface area (Å²) >= 11 is 0. The van der Waals surface area contributed by atoms with Gasteiger partial charge in [0.2, 0.25) is 15.9 Å². The number of carbonyl (C=O) groups is 1. The van der Waals surface area contributed by atoms with Gasteiger partial charge >= 0.3 is 0 Å². The summed E-state index contributed by atoms with van der Waals surface area (Å²) in [5, 5.41) is 2.62. The molecule has 2 aliphatic rings. The quantitative estimate of drug-likeness (QED) is 0.464. The van der Waals surface area contributed by atoms with Crippen LogP contribution >= 0.6 is 0 Å². The van der Waals surface area contributed by atoms with Gasteiger partial charge in [-0.25, -0.2) is 13.2 Å². The molecule has 2 atom stereocenters. The zero-order valence-electron chi connectivity index (χ0n) is 24.6. The van der Waals surface area contributed by atoms with E-state index in [1.807, 2.05) is 54.5 Å². The van der Waals surface area contributed by atoms with Crippen LogP contribution in [0.15, 0.2) is 60.3 Å². The average molecular weight is 544 g/mol. The largest absolute Gasteiger partial charge is 0.374 e. The maximum atomic E-state index is 13.1. The third-order valence-corrected chi connectivity index (χ3v) is 8.39. The van der Waals surface area contributed by atoms with Crippen LogP contribution in [0.4, 0.5) is 5.69 Å². The lowest BCUT2D eigenvalue weighted by molar-refractivity contribution is -0.126. The van der Waals surface area contributed by atoms with Gasteiger partial charge in [-0.2, -0.15) is 0 Å². The van der Waals surface area contributed by atoms with Crippen molar-refractivity contribution < 1.29 is 26.9 Å². The molecule has 0 radical (unpaired) electrons. The molecule has 2 aromatic carbocycles. The minimum atomic E-state index is -3.48. The van der Waals surface area contributed by atoms with Gasteiger partial charge in [0.05, 0.1) is 30.7 Å². The normalized spacial score (nSPS) is 20.3. The zero-order chi connectivity index (χ0) is 30.1. The number of nitrogens with two attached hydrogens (primary N) is 1. The van der Waals surface area contributed by atoms with Gasteiger partial charge in [0.25, 0.3) is 0 Å². The first-order chi connectivity index (χ1) is 19.2. The van der Waals surface area contributed by atoms with Crippen LogP contribution in [0.5, 0.6) is 0 Å². The van der Waals surface area contributed by atoms with E-state index in [0.717, 1.165) is 18.1 Å². The number of rotatable bonds is 9. The van der Waals surface area contributed by atoms with Crippen molar-refractivity contribution in [3.63, 3.8) is 0 Å². The van der Waals surface area contributed by atoms with Crippen molar-refractivity contribution in [1.29, 1.82) is 0 Å². The van der Waals surface area contributed by atoms with Gasteiger partial charge < -0.3 is 20.7 Å². The SMILES string of the molecule is [2H]C([2H])([2H])[C@@](C)(N)C(=O)NC(COCc1ccccc1)C(=C=O)N1CCC2(CC1)CN(S(C)(=O)=O)c1ccccc12. The first-order valence-electron chi connectivity index (χ1n) is 14.0. The standard InChI is InChI=1S/C28H36N4O5S/c1-27(2,29)26(34)30-23(19-37-18-21-9-5-4-6-10-21)25(17-33)31-15-13-28(14-16-31)20-32(38(3,35)36)24-12-8-7-11-22(24)28/h4-12,23H,13-16,18-20,29H2,1-3H3,(H,30,34)/i1D3/t23?,27-/m0/s1. The zero-order valence-corrected chi connectivity index (χ0v) is 22.5. The first-order valence-corrected chi connectivity index (χ1v) is 14.3. The molecule has 38 heavy (non-hydrogen) atoms. The molecule has 1 amide bonds. The van der Waals surface area contributed by atoms with Crippen molar-refractivity contribution in [3.05, 3.63) is 71.4 Å². The number of fused-ring (bicyclic) bond motifs is 2. The second-order valence-electron chi connectivity index (χ2n) is 10.3. The molecule has 2 heterocycles. The Morgan fingerprint density at radius 2 is 1.87 bits per heavy atom. The van der Waals surface area contributed by atoms with Crippen molar-refractivity contribution in [2.75, 3.05) is 36.8 Å². The smallest absolute Gasteiger partial charge is 0.240 e. The summed E-state index contributed by atoms with van der Waals surface area (Å²) in [6, 6.07) is 15.8. The molecule has 204 valence electrons. The molecule has 1 fully saturated rings. The number of amides is 1. The summed E-state index contributed by atoms with van der Waals surface area (Å²) in [6.45, 7) is -0.479. The second kappa shape index (κ2) is 10.9. The number of sulfonamides is 1. The summed E-state index contributed by atoms with van der Waals surface area (Å²) < 4.78 is 55.5. The minimum absolute atomic E-state index is 0.116. The fourth-order valence-electron chi connectivity index (χ4n) is 5.21. The molecular formula is C28H36N4O5S. The van der Waals surface area contributed by atoms with Crippen molar-refractivity contribution in [1.82, 2.24) is 10.2 Å². The molecule has 10 heteroatoms. The Morgan fingerprint density at radius 1 is 1.21 bits per heavy atom. The van der Waals surface area contributed by atoms with Crippen molar-refractivity contribution in [2.24, 2.45) is 5.73 Å². The average Bonchev–Trinajstić information content (AvgIpc) is 3.24. The number of hydrogen-bond acceptors (Lipinski definition) is 7. The summed E-state index contributed by atoms with van der Waals surface area (Å²) in [5.41, 5.74) is 5.90. The fraction of sp³-hybridized carbons (Fsp3) is 0.464. The number of hydrogen-bond donors (Lipinski definition) is 2. The van der Waals surface area contributed by atoms with Gasteiger partial charge in [0.1, 0.15) is 17.7 Å². The van der Waals surface area contributed by atoms with E-state index >= 15 is 0 Å². The molecule has 2 aliphatic heterocycles. The Hall–Kier alpha value is -3.17. The lowest BCUT2D eigenvalue weighted by Gasteiger charge is -2.42. The van der Waals surface area contributed by atoms with Gasteiger partial charge in [-0.1, -0.05) is 48.5 Å². The van der Waals surface area contributed by atoms with Crippen LogP contribution in [-0.4, -0.2) is 69.2 Å². The van der Waals surface area contributed by atoms with Crippen LogP contribution in [0, 0.1) is 0 Å². The topological polar surface area (TPSA) is 122 Å². The molecule has 0 aliphatic carbocycles. The summed E-state index contributed by atoms with van der Waals surface area (Å²) in [4.78, 5) is 27.2. The molecular weight excluding hydrogens is 504 g/mol.